The fourth-order valence-electron chi connectivity index (χ4n) is 3.16. The lowest BCUT2D eigenvalue weighted by Crippen LogP contribution is -1.94. The Morgan fingerprint density at radius 2 is 1.26 bits per heavy atom. The highest BCUT2D eigenvalue weighted by atomic mass is 14.8. The minimum Gasteiger partial charge on any atom is -0.254 e. The van der Waals surface area contributed by atoms with E-state index >= 15 is 0 Å². The molecule has 0 aliphatic rings. The van der Waals surface area contributed by atoms with Gasteiger partial charge in [-0.05, 0) is 42.8 Å². The van der Waals surface area contributed by atoms with E-state index in [0.29, 0.717) is 0 Å². The van der Waals surface area contributed by atoms with Crippen molar-refractivity contribution < 1.29 is 0 Å². The van der Waals surface area contributed by atoms with Crippen LogP contribution >= 0.6 is 0 Å². The average molecular weight is 296 g/mol. The fourth-order valence-corrected chi connectivity index (χ4v) is 3.16. The number of fused-ring (bicyclic) bond motifs is 7. The van der Waals surface area contributed by atoms with Gasteiger partial charge in [0.1, 0.15) is 0 Å². The Bertz CT molecular complexity index is 1230. The maximum absolute atomic E-state index is 4.93. The molecule has 0 N–H and O–H groups in total. The topological polar surface area (TPSA) is 51.6 Å². The van der Waals surface area contributed by atoms with Gasteiger partial charge in [-0.1, -0.05) is 12.1 Å². The Labute approximate surface area is 131 Å². The molecule has 0 aliphatic carbocycles. The molecule has 4 heteroatoms. The summed E-state index contributed by atoms with van der Waals surface area (Å²) < 4.78 is 0. The molecule has 0 saturated carbocycles. The number of benzene rings is 2. The Hall–Kier alpha value is -3.14. The van der Waals surface area contributed by atoms with E-state index in [1.54, 1.807) is 12.4 Å². The van der Waals surface area contributed by atoms with E-state index in [9.17, 15) is 0 Å². The van der Waals surface area contributed by atoms with Crippen LogP contribution in [0.4, 0.5) is 0 Å². The van der Waals surface area contributed by atoms with Crippen molar-refractivity contribution in [1.29, 1.82) is 0 Å². The molecule has 5 aromatic rings. The molecule has 0 fully saturated rings. The van der Waals surface area contributed by atoms with E-state index in [4.69, 9.17) is 9.97 Å². The van der Waals surface area contributed by atoms with Gasteiger partial charge in [0.2, 0.25) is 0 Å². The van der Waals surface area contributed by atoms with E-state index in [1.807, 2.05) is 36.4 Å². The molecule has 0 aliphatic heterocycles. The Kier molecular flexibility index (Phi) is 2.39. The number of para-hydroxylation sites is 1. The average Bonchev–Trinajstić information content (AvgIpc) is 2.61. The van der Waals surface area contributed by atoms with Crippen LogP contribution in [0.15, 0.2) is 54.9 Å². The molecule has 0 spiro atoms. The zero-order chi connectivity index (χ0) is 15.4. The largest absolute Gasteiger partial charge is 0.254 e. The van der Waals surface area contributed by atoms with Crippen molar-refractivity contribution in [2.45, 2.75) is 6.92 Å². The second-order valence-electron chi connectivity index (χ2n) is 5.66. The van der Waals surface area contributed by atoms with Crippen molar-refractivity contribution in [1.82, 2.24) is 19.9 Å². The van der Waals surface area contributed by atoms with E-state index in [1.165, 1.54) is 0 Å². The molecular formula is C19H12N4. The van der Waals surface area contributed by atoms with Gasteiger partial charge in [-0.2, -0.15) is 0 Å². The summed E-state index contributed by atoms with van der Waals surface area (Å²) in [4.78, 5) is 18.9. The summed E-state index contributed by atoms with van der Waals surface area (Å²) in [5.41, 5.74) is 6.48. The number of hydrogen-bond donors (Lipinski definition) is 0. The summed E-state index contributed by atoms with van der Waals surface area (Å²) in [6, 6.07) is 14.0. The first kappa shape index (κ1) is 12.4. The van der Waals surface area contributed by atoms with Gasteiger partial charge in [-0.25, -0.2) is 9.97 Å². The third-order valence-electron chi connectivity index (χ3n) is 4.25. The van der Waals surface area contributed by atoms with Gasteiger partial charge in [0.15, 0.2) is 0 Å². The molecule has 4 nitrogen and oxygen atoms in total. The Balaban J connectivity index is 2.16. The summed E-state index contributed by atoms with van der Waals surface area (Å²) in [6.07, 6.45) is 3.59. The minimum atomic E-state index is 0.872. The quantitative estimate of drug-likeness (QED) is 0.317. The summed E-state index contributed by atoms with van der Waals surface area (Å²) >= 11 is 0. The predicted molar refractivity (Wildman–Crippen MR) is 92.4 cm³/mol. The van der Waals surface area contributed by atoms with E-state index in [0.717, 1.165) is 49.4 Å². The maximum atomic E-state index is 4.93. The maximum Gasteiger partial charge on any atom is 0.0996 e. The van der Waals surface area contributed by atoms with Crippen LogP contribution in [0.1, 0.15) is 5.56 Å². The van der Waals surface area contributed by atoms with Crippen molar-refractivity contribution in [3.8, 4) is 0 Å². The molecule has 0 atom stereocenters. The van der Waals surface area contributed by atoms with Gasteiger partial charge in [-0.15, -0.1) is 0 Å². The van der Waals surface area contributed by atoms with Gasteiger partial charge in [0.25, 0.3) is 0 Å². The number of nitrogens with zero attached hydrogens (tertiary/aromatic N) is 4. The lowest BCUT2D eigenvalue weighted by atomic mass is 10.1. The van der Waals surface area contributed by atoms with Crippen LogP contribution < -0.4 is 0 Å². The highest BCUT2D eigenvalue weighted by molar-refractivity contribution is 6.21. The lowest BCUT2D eigenvalue weighted by Gasteiger charge is -2.09. The normalized spacial score (nSPS) is 11.7. The van der Waals surface area contributed by atoms with Gasteiger partial charge in [0, 0.05) is 23.2 Å². The van der Waals surface area contributed by atoms with E-state index < -0.39 is 0 Å². The van der Waals surface area contributed by atoms with Gasteiger partial charge in [-0.3, -0.25) is 9.97 Å². The molecule has 0 amide bonds. The molecule has 0 saturated heterocycles. The Morgan fingerprint density at radius 3 is 1.96 bits per heavy atom. The van der Waals surface area contributed by atoms with Crippen LogP contribution in [0, 0.1) is 6.92 Å². The first-order valence-electron chi connectivity index (χ1n) is 7.51. The fraction of sp³-hybridized carbons (Fsp3) is 0.0526. The predicted octanol–water partition coefficient (Wildman–Crippen LogP) is 4.19. The molecule has 108 valence electrons. The molecule has 3 aromatic heterocycles. The van der Waals surface area contributed by atoms with Crippen LogP contribution in [-0.2, 0) is 0 Å². The van der Waals surface area contributed by atoms with Crippen LogP contribution in [0.3, 0.4) is 0 Å². The standard InChI is InChI=1S/C19H12N4/c1-11-5-2-8-14-15(11)23-19-13-7-4-10-21-17(13)16-12(18(19)22-14)6-3-9-20-16/h2-10H,1H3. The minimum absolute atomic E-state index is 0.872. The van der Waals surface area contributed by atoms with Gasteiger partial charge < -0.3 is 0 Å². The van der Waals surface area contributed by atoms with Crippen molar-refractivity contribution in [2.75, 3.05) is 0 Å². The van der Waals surface area contributed by atoms with Crippen LogP contribution in [0.2, 0.25) is 0 Å². The summed E-state index contributed by atoms with van der Waals surface area (Å²) in [5, 5.41) is 1.98. The molecule has 2 aromatic carbocycles. The molecular weight excluding hydrogens is 284 g/mol. The van der Waals surface area contributed by atoms with Crippen molar-refractivity contribution in [3.63, 3.8) is 0 Å². The third-order valence-corrected chi connectivity index (χ3v) is 4.25. The first-order valence-corrected chi connectivity index (χ1v) is 7.51. The van der Waals surface area contributed by atoms with Crippen molar-refractivity contribution in [3.05, 3.63) is 60.4 Å². The van der Waals surface area contributed by atoms with E-state index in [-0.39, 0.29) is 0 Å². The van der Waals surface area contributed by atoms with Crippen molar-refractivity contribution >= 4 is 43.9 Å². The summed E-state index contributed by atoms with van der Waals surface area (Å²) in [5.74, 6) is 0. The smallest absolute Gasteiger partial charge is 0.0996 e. The first-order chi connectivity index (χ1) is 11.3. The number of rotatable bonds is 0. The second-order valence-corrected chi connectivity index (χ2v) is 5.66. The summed E-state index contributed by atoms with van der Waals surface area (Å²) in [6.45, 7) is 2.06. The second kappa shape index (κ2) is 4.43. The van der Waals surface area contributed by atoms with Crippen LogP contribution in [0.25, 0.3) is 43.9 Å². The number of pyridine rings is 2. The van der Waals surface area contributed by atoms with Gasteiger partial charge >= 0.3 is 0 Å². The highest BCUT2D eigenvalue weighted by Gasteiger charge is 2.13. The summed E-state index contributed by atoms with van der Waals surface area (Å²) in [7, 11) is 0. The zero-order valence-electron chi connectivity index (χ0n) is 12.5. The van der Waals surface area contributed by atoms with Crippen molar-refractivity contribution in [2.24, 2.45) is 0 Å². The van der Waals surface area contributed by atoms with Crippen LogP contribution in [0.5, 0.6) is 0 Å². The number of aromatic nitrogens is 4. The number of hydrogen-bond acceptors (Lipinski definition) is 4. The van der Waals surface area contributed by atoms with Gasteiger partial charge in [0.05, 0.1) is 33.1 Å². The van der Waals surface area contributed by atoms with E-state index in [2.05, 4.69) is 23.0 Å². The molecule has 23 heavy (non-hydrogen) atoms. The molecule has 5 rings (SSSR count). The molecule has 3 heterocycles. The molecule has 0 bridgehead atoms. The Morgan fingerprint density at radius 1 is 0.609 bits per heavy atom. The number of aryl methyl sites for hydroxylation is 1. The highest BCUT2D eigenvalue weighted by Crippen LogP contribution is 2.32. The monoisotopic (exact) mass is 296 g/mol. The zero-order valence-corrected chi connectivity index (χ0v) is 12.5. The lowest BCUT2D eigenvalue weighted by molar-refractivity contribution is 1.35. The van der Waals surface area contributed by atoms with Crippen LogP contribution in [-0.4, -0.2) is 19.9 Å². The molecule has 0 radical (unpaired) electrons. The third kappa shape index (κ3) is 1.66. The molecule has 0 unspecified atom stereocenters. The SMILES string of the molecule is Cc1cccc2nc3c4cccnc4c4ncccc4c3nc12.